The molecule has 0 radical (unpaired) electrons. The molecule has 2 aliphatic rings. The van der Waals surface area contributed by atoms with E-state index in [4.69, 9.17) is 11.6 Å². The van der Waals surface area contributed by atoms with Crippen molar-refractivity contribution >= 4 is 17.4 Å². The number of aromatic nitrogens is 1. The van der Waals surface area contributed by atoms with Crippen LogP contribution in [0.1, 0.15) is 25.7 Å². The van der Waals surface area contributed by atoms with Crippen LogP contribution in [0.15, 0.2) is 12.3 Å². The summed E-state index contributed by atoms with van der Waals surface area (Å²) in [5.41, 5.74) is 0. The number of nitrogens with one attached hydrogen (secondary N) is 1. The first-order chi connectivity index (χ1) is 9.24. The Morgan fingerprint density at radius 2 is 2.05 bits per heavy atom. The first-order valence-corrected chi connectivity index (χ1v) is 7.40. The number of halogens is 2. The average molecular weight is 284 g/mol. The van der Waals surface area contributed by atoms with E-state index in [0.717, 1.165) is 32.5 Å². The minimum Gasteiger partial charge on any atom is -0.351 e. The zero-order valence-corrected chi connectivity index (χ0v) is 11.7. The van der Waals surface area contributed by atoms with Crippen LogP contribution in [0, 0.1) is 11.7 Å². The Kier molecular flexibility index (Phi) is 3.89. The summed E-state index contributed by atoms with van der Waals surface area (Å²) < 4.78 is 14.0. The van der Waals surface area contributed by atoms with Gasteiger partial charge in [0.2, 0.25) is 0 Å². The van der Waals surface area contributed by atoms with Gasteiger partial charge < -0.3 is 10.2 Å². The fourth-order valence-electron chi connectivity index (χ4n) is 2.76. The van der Waals surface area contributed by atoms with Crippen molar-refractivity contribution < 1.29 is 4.39 Å². The lowest BCUT2D eigenvalue weighted by Crippen LogP contribution is -2.38. The number of nitrogens with zero attached hydrogens (tertiary/aromatic N) is 2. The van der Waals surface area contributed by atoms with E-state index in [1.54, 1.807) is 0 Å². The van der Waals surface area contributed by atoms with Gasteiger partial charge in [-0.25, -0.2) is 9.37 Å². The van der Waals surface area contributed by atoms with Crippen molar-refractivity contribution in [1.29, 1.82) is 0 Å². The highest BCUT2D eigenvalue weighted by Gasteiger charge is 2.33. The van der Waals surface area contributed by atoms with Gasteiger partial charge in [-0.1, -0.05) is 11.6 Å². The van der Waals surface area contributed by atoms with Crippen molar-refractivity contribution in [3.63, 3.8) is 0 Å². The van der Waals surface area contributed by atoms with Crippen molar-refractivity contribution in [3.05, 3.63) is 23.1 Å². The summed E-state index contributed by atoms with van der Waals surface area (Å²) in [5, 5.41) is 3.73. The largest absolute Gasteiger partial charge is 0.351 e. The summed E-state index contributed by atoms with van der Waals surface area (Å²) in [6, 6.07) is 1.83. The predicted molar refractivity (Wildman–Crippen MR) is 75.2 cm³/mol. The van der Waals surface area contributed by atoms with Crippen LogP contribution in [-0.2, 0) is 0 Å². The van der Waals surface area contributed by atoms with E-state index in [2.05, 4.69) is 15.2 Å². The van der Waals surface area contributed by atoms with Crippen LogP contribution >= 0.6 is 11.6 Å². The molecule has 1 N–H and O–H groups in total. The summed E-state index contributed by atoms with van der Waals surface area (Å²) in [7, 11) is 0. The highest BCUT2D eigenvalue weighted by molar-refractivity contribution is 6.30. The molecule has 0 spiro atoms. The maximum Gasteiger partial charge on any atom is 0.167 e. The Morgan fingerprint density at radius 1 is 1.32 bits per heavy atom. The SMILES string of the molecule is Fc1cc(Cl)cnc1N(CC1CCNCC1)C1CC1. The fourth-order valence-corrected chi connectivity index (χ4v) is 2.90. The second-order valence-electron chi connectivity index (χ2n) is 5.54. The number of pyridine rings is 1. The molecule has 2 heterocycles. The molecule has 3 nitrogen and oxygen atoms in total. The molecule has 2 fully saturated rings. The lowest BCUT2D eigenvalue weighted by molar-refractivity contribution is 0.370. The van der Waals surface area contributed by atoms with Crippen LogP contribution in [0.25, 0.3) is 0 Å². The van der Waals surface area contributed by atoms with Crippen LogP contribution in [0.3, 0.4) is 0 Å². The molecule has 3 rings (SSSR count). The second-order valence-corrected chi connectivity index (χ2v) is 5.97. The minimum absolute atomic E-state index is 0.298. The molecule has 0 aromatic carbocycles. The highest BCUT2D eigenvalue weighted by Crippen LogP contribution is 2.34. The van der Waals surface area contributed by atoms with E-state index in [-0.39, 0.29) is 5.82 Å². The standard InChI is InChI=1S/C14H19ClFN3/c15-11-7-13(16)14(18-8-11)19(12-1-2-12)9-10-3-5-17-6-4-10/h7-8,10,12,17H,1-6,9H2. The normalized spacial score (nSPS) is 20.5. The van der Waals surface area contributed by atoms with Gasteiger partial charge in [0, 0.05) is 18.8 Å². The van der Waals surface area contributed by atoms with Crippen molar-refractivity contribution in [3.8, 4) is 0 Å². The van der Waals surface area contributed by atoms with E-state index in [1.165, 1.54) is 25.1 Å². The molecule has 0 bridgehead atoms. The molecule has 19 heavy (non-hydrogen) atoms. The smallest absolute Gasteiger partial charge is 0.167 e. The third-order valence-electron chi connectivity index (χ3n) is 3.96. The van der Waals surface area contributed by atoms with Gasteiger partial charge in [0.25, 0.3) is 0 Å². The average Bonchev–Trinajstić information content (AvgIpc) is 3.22. The van der Waals surface area contributed by atoms with Gasteiger partial charge in [-0.2, -0.15) is 0 Å². The quantitative estimate of drug-likeness (QED) is 0.921. The van der Waals surface area contributed by atoms with Crippen molar-refractivity contribution in [2.75, 3.05) is 24.5 Å². The molecule has 5 heteroatoms. The number of anilines is 1. The molecule has 0 atom stereocenters. The zero-order valence-electron chi connectivity index (χ0n) is 10.9. The van der Waals surface area contributed by atoms with E-state index in [9.17, 15) is 4.39 Å². The molecular formula is C14H19ClFN3. The lowest BCUT2D eigenvalue weighted by atomic mass is 9.97. The summed E-state index contributed by atoms with van der Waals surface area (Å²) in [6.07, 6.45) is 6.16. The van der Waals surface area contributed by atoms with Crippen molar-refractivity contribution in [2.24, 2.45) is 5.92 Å². The molecule has 1 aromatic heterocycles. The van der Waals surface area contributed by atoms with E-state index >= 15 is 0 Å². The maximum absolute atomic E-state index is 14.0. The van der Waals surface area contributed by atoms with Crippen LogP contribution in [-0.4, -0.2) is 30.7 Å². The molecule has 1 aromatic rings. The Morgan fingerprint density at radius 3 is 2.68 bits per heavy atom. The van der Waals surface area contributed by atoms with E-state index in [1.807, 2.05) is 0 Å². The number of rotatable bonds is 4. The Balaban J connectivity index is 1.76. The highest BCUT2D eigenvalue weighted by atomic mass is 35.5. The molecular weight excluding hydrogens is 265 g/mol. The van der Waals surface area contributed by atoms with Gasteiger partial charge in [-0.3, -0.25) is 0 Å². The van der Waals surface area contributed by atoms with Crippen molar-refractivity contribution in [2.45, 2.75) is 31.7 Å². The molecule has 0 amide bonds. The predicted octanol–water partition coefficient (Wildman–Crippen LogP) is 2.84. The second kappa shape index (κ2) is 5.63. The van der Waals surface area contributed by atoms with Crippen molar-refractivity contribution in [1.82, 2.24) is 10.3 Å². The maximum atomic E-state index is 14.0. The van der Waals surface area contributed by atoms with Gasteiger partial charge in [-0.15, -0.1) is 0 Å². The third-order valence-corrected chi connectivity index (χ3v) is 4.17. The van der Waals surface area contributed by atoms with Gasteiger partial charge in [0.15, 0.2) is 11.6 Å². The van der Waals surface area contributed by atoms with E-state index < -0.39 is 0 Å². The summed E-state index contributed by atoms with van der Waals surface area (Å²) >= 11 is 5.78. The Bertz CT molecular complexity index is 444. The third kappa shape index (κ3) is 3.18. The molecule has 1 saturated heterocycles. The van der Waals surface area contributed by atoms with Crippen LogP contribution < -0.4 is 10.2 Å². The first-order valence-electron chi connectivity index (χ1n) is 7.02. The zero-order chi connectivity index (χ0) is 13.2. The number of hydrogen-bond donors (Lipinski definition) is 1. The minimum atomic E-state index is -0.298. The van der Waals surface area contributed by atoms with Gasteiger partial charge in [0.1, 0.15) is 0 Å². The molecule has 104 valence electrons. The van der Waals surface area contributed by atoms with Crippen LogP contribution in [0.2, 0.25) is 5.02 Å². The lowest BCUT2D eigenvalue weighted by Gasteiger charge is -2.31. The molecule has 1 saturated carbocycles. The Hall–Kier alpha value is -0.870. The van der Waals surface area contributed by atoms with E-state index in [0.29, 0.717) is 22.8 Å². The topological polar surface area (TPSA) is 28.2 Å². The monoisotopic (exact) mass is 283 g/mol. The Labute approximate surface area is 118 Å². The summed E-state index contributed by atoms with van der Waals surface area (Å²) in [4.78, 5) is 6.36. The van der Waals surface area contributed by atoms with Gasteiger partial charge >= 0.3 is 0 Å². The molecule has 1 aliphatic heterocycles. The first kappa shape index (κ1) is 13.1. The van der Waals surface area contributed by atoms with Gasteiger partial charge in [-0.05, 0) is 50.8 Å². The molecule has 0 unspecified atom stereocenters. The van der Waals surface area contributed by atoms with Crippen LogP contribution in [0.5, 0.6) is 0 Å². The number of hydrogen-bond acceptors (Lipinski definition) is 3. The van der Waals surface area contributed by atoms with Gasteiger partial charge in [0.05, 0.1) is 5.02 Å². The fraction of sp³-hybridized carbons (Fsp3) is 0.643. The molecule has 1 aliphatic carbocycles. The van der Waals surface area contributed by atoms with Crippen LogP contribution in [0.4, 0.5) is 10.2 Å². The summed E-state index contributed by atoms with van der Waals surface area (Å²) in [6.45, 7) is 3.05. The summed E-state index contributed by atoms with van der Waals surface area (Å²) in [5.74, 6) is 0.817. The number of piperidine rings is 1.